The van der Waals surface area contributed by atoms with Crippen molar-refractivity contribution in [2.75, 3.05) is 19.4 Å². The monoisotopic (exact) mass is 233 g/mol. The molecule has 0 radical (unpaired) electrons. The molecule has 88 valence electrons. The highest BCUT2D eigenvalue weighted by Gasteiger charge is 2.18. The van der Waals surface area contributed by atoms with Crippen LogP contribution in [0.3, 0.4) is 0 Å². The molecule has 2 atom stereocenters. The number of rotatable bonds is 6. The number of hydrogen-bond acceptors (Lipinski definition) is 4. The van der Waals surface area contributed by atoms with Gasteiger partial charge in [0.15, 0.2) is 0 Å². The Bertz CT molecular complexity index is 221. The number of carbonyl (C=O) groups excluding carboxylic acids is 2. The van der Waals surface area contributed by atoms with E-state index in [9.17, 15) is 9.59 Å². The molecular weight excluding hydrogens is 214 g/mol. The van der Waals surface area contributed by atoms with Crippen molar-refractivity contribution in [3.8, 4) is 0 Å². The predicted molar refractivity (Wildman–Crippen MR) is 61.8 cm³/mol. The normalized spacial score (nSPS) is 14.1. The predicted octanol–water partition coefficient (Wildman–Crippen LogP) is 1.05. The first-order chi connectivity index (χ1) is 7.02. The Hall–Kier alpha value is -0.710. The van der Waals surface area contributed by atoms with E-state index in [2.05, 4.69) is 10.1 Å². The van der Waals surface area contributed by atoms with E-state index in [-0.39, 0.29) is 23.0 Å². The second kappa shape index (κ2) is 7.56. The third-order valence-corrected chi connectivity index (χ3v) is 3.33. The Balaban J connectivity index is 3.84. The van der Waals surface area contributed by atoms with E-state index in [1.165, 1.54) is 18.9 Å². The SMILES string of the molecule is CCNC(=O)C(C)SCC(C)C(=O)OC. The number of esters is 1. The van der Waals surface area contributed by atoms with Crippen LogP contribution in [0.4, 0.5) is 0 Å². The molecule has 0 saturated carbocycles. The topological polar surface area (TPSA) is 55.4 Å². The molecule has 0 aliphatic carbocycles. The summed E-state index contributed by atoms with van der Waals surface area (Å²) >= 11 is 1.46. The Kier molecular flexibility index (Phi) is 7.21. The molecule has 0 aliphatic heterocycles. The molecule has 1 amide bonds. The highest BCUT2D eigenvalue weighted by atomic mass is 32.2. The summed E-state index contributed by atoms with van der Waals surface area (Å²) in [6.07, 6.45) is 0. The lowest BCUT2D eigenvalue weighted by Gasteiger charge is -2.13. The molecule has 0 aromatic heterocycles. The van der Waals surface area contributed by atoms with Crippen molar-refractivity contribution in [2.24, 2.45) is 5.92 Å². The summed E-state index contributed by atoms with van der Waals surface area (Å²) in [6.45, 7) is 6.14. The van der Waals surface area contributed by atoms with Gasteiger partial charge in [-0.25, -0.2) is 0 Å². The molecule has 5 heteroatoms. The van der Waals surface area contributed by atoms with Gasteiger partial charge in [0.05, 0.1) is 18.3 Å². The minimum atomic E-state index is -0.231. The highest BCUT2D eigenvalue weighted by molar-refractivity contribution is 8.00. The summed E-state index contributed by atoms with van der Waals surface area (Å²) < 4.78 is 4.60. The van der Waals surface area contributed by atoms with Gasteiger partial charge in [-0.3, -0.25) is 9.59 Å². The molecule has 15 heavy (non-hydrogen) atoms. The van der Waals surface area contributed by atoms with Gasteiger partial charge in [-0.1, -0.05) is 6.92 Å². The van der Waals surface area contributed by atoms with Crippen LogP contribution in [0.15, 0.2) is 0 Å². The molecule has 0 saturated heterocycles. The van der Waals surface area contributed by atoms with Crippen molar-refractivity contribution >= 4 is 23.6 Å². The van der Waals surface area contributed by atoms with Crippen LogP contribution >= 0.6 is 11.8 Å². The van der Waals surface area contributed by atoms with Crippen molar-refractivity contribution in [2.45, 2.75) is 26.0 Å². The maximum Gasteiger partial charge on any atom is 0.309 e. The molecule has 0 fully saturated rings. The summed E-state index contributed by atoms with van der Waals surface area (Å²) in [5.41, 5.74) is 0. The second-order valence-electron chi connectivity index (χ2n) is 3.29. The first kappa shape index (κ1) is 14.3. The molecule has 4 nitrogen and oxygen atoms in total. The summed E-state index contributed by atoms with van der Waals surface area (Å²) in [5.74, 6) is 0.215. The van der Waals surface area contributed by atoms with Gasteiger partial charge in [0.1, 0.15) is 0 Å². The molecular formula is C10H19NO3S. The zero-order valence-electron chi connectivity index (χ0n) is 9.70. The first-order valence-electron chi connectivity index (χ1n) is 5.00. The van der Waals surface area contributed by atoms with Crippen LogP contribution in [-0.4, -0.2) is 36.5 Å². The van der Waals surface area contributed by atoms with E-state index in [1.807, 2.05) is 13.8 Å². The van der Waals surface area contributed by atoms with Gasteiger partial charge in [0.25, 0.3) is 0 Å². The zero-order chi connectivity index (χ0) is 11.8. The van der Waals surface area contributed by atoms with Gasteiger partial charge >= 0.3 is 5.97 Å². The molecule has 0 heterocycles. The van der Waals surface area contributed by atoms with Crippen LogP contribution in [0.25, 0.3) is 0 Å². The Labute approximate surface area is 95.1 Å². The molecule has 2 unspecified atom stereocenters. The number of nitrogens with one attached hydrogen (secondary N) is 1. The molecule has 0 rings (SSSR count). The summed E-state index contributed by atoms with van der Waals surface area (Å²) in [4.78, 5) is 22.4. The molecule has 1 N–H and O–H groups in total. The average Bonchev–Trinajstić information content (AvgIpc) is 2.24. The van der Waals surface area contributed by atoms with Crippen molar-refractivity contribution in [1.29, 1.82) is 0 Å². The fraction of sp³-hybridized carbons (Fsp3) is 0.800. The smallest absolute Gasteiger partial charge is 0.309 e. The van der Waals surface area contributed by atoms with Crippen molar-refractivity contribution in [3.63, 3.8) is 0 Å². The molecule has 0 aliphatic rings. The summed E-state index contributed by atoms with van der Waals surface area (Å²) in [6, 6.07) is 0. The number of amides is 1. The van der Waals surface area contributed by atoms with Gasteiger partial charge < -0.3 is 10.1 Å². The Morgan fingerprint density at radius 1 is 1.40 bits per heavy atom. The minimum Gasteiger partial charge on any atom is -0.469 e. The first-order valence-corrected chi connectivity index (χ1v) is 6.04. The van der Waals surface area contributed by atoms with Crippen LogP contribution in [0.2, 0.25) is 0 Å². The van der Waals surface area contributed by atoms with E-state index in [0.717, 1.165) is 0 Å². The Morgan fingerprint density at radius 2 is 2.00 bits per heavy atom. The van der Waals surface area contributed by atoms with E-state index < -0.39 is 0 Å². The van der Waals surface area contributed by atoms with Crippen LogP contribution in [0.5, 0.6) is 0 Å². The summed E-state index contributed by atoms with van der Waals surface area (Å²) in [7, 11) is 1.37. The standard InChI is InChI=1S/C10H19NO3S/c1-5-11-9(12)8(3)15-6-7(2)10(13)14-4/h7-8H,5-6H2,1-4H3,(H,11,12). The maximum atomic E-state index is 11.3. The minimum absolute atomic E-state index is 0.0135. The van der Waals surface area contributed by atoms with Crippen LogP contribution in [0.1, 0.15) is 20.8 Å². The van der Waals surface area contributed by atoms with Crippen LogP contribution < -0.4 is 5.32 Å². The fourth-order valence-corrected chi connectivity index (χ4v) is 1.90. The fourth-order valence-electron chi connectivity index (χ4n) is 0.952. The van der Waals surface area contributed by atoms with Gasteiger partial charge in [0, 0.05) is 12.3 Å². The van der Waals surface area contributed by atoms with Gasteiger partial charge in [-0.05, 0) is 13.8 Å². The van der Waals surface area contributed by atoms with Crippen LogP contribution in [-0.2, 0) is 14.3 Å². The molecule has 0 spiro atoms. The Morgan fingerprint density at radius 3 is 2.47 bits per heavy atom. The van der Waals surface area contributed by atoms with Crippen molar-refractivity contribution in [1.82, 2.24) is 5.32 Å². The van der Waals surface area contributed by atoms with E-state index >= 15 is 0 Å². The lowest BCUT2D eigenvalue weighted by molar-refractivity contribution is -0.144. The zero-order valence-corrected chi connectivity index (χ0v) is 10.5. The average molecular weight is 233 g/mol. The van der Waals surface area contributed by atoms with E-state index in [4.69, 9.17) is 0 Å². The van der Waals surface area contributed by atoms with Gasteiger partial charge in [-0.15, -0.1) is 11.8 Å². The quantitative estimate of drug-likeness (QED) is 0.697. The van der Waals surface area contributed by atoms with E-state index in [0.29, 0.717) is 12.3 Å². The maximum absolute atomic E-state index is 11.3. The second-order valence-corrected chi connectivity index (χ2v) is 4.67. The van der Waals surface area contributed by atoms with Crippen molar-refractivity contribution < 1.29 is 14.3 Å². The lowest BCUT2D eigenvalue weighted by atomic mass is 10.2. The van der Waals surface area contributed by atoms with Crippen LogP contribution in [0, 0.1) is 5.92 Å². The largest absolute Gasteiger partial charge is 0.469 e. The highest BCUT2D eigenvalue weighted by Crippen LogP contribution is 2.15. The number of thioether (sulfide) groups is 1. The summed E-state index contributed by atoms with van der Waals surface area (Å²) in [5, 5.41) is 2.61. The molecule has 0 aromatic rings. The number of ether oxygens (including phenoxy) is 1. The molecule has 0 aromatic carbocycles. The van der Waals surface area contributed by atoms with E-state index in [1.54, 1.807) is 6.92 Å². The number of hydrogen-bond donors (Lipinski definition) is 1. The third-order valence-electron chi connectivity index (χ3n) is 1.92. The third kappa shape index (κ3) is 5.67. The van der Waals surface area contributed by atoms with Gasteiger partial charge in [0.2, 0.25) is 5.91 Å². The lowest BCUT2D eigenvalue weighted by Crippen LogP contribution is -2.31. The number of carbonyl (C=O) groups is 2. The van der Waals surface area contributed by atoms with Gasteiger partial charge in [-0.2, -0.15) is 0 Å². The number of methoxy groups -OCH3 is 1. The molecule has 0 bridgehead atoms. The van der Waals surface area contributed by atoms with Crippen molar-refractivity contribution in [3.05, 3.63) is 0 Å².